The fourth-order valence-electron chi connectivity index (χ4n) is 0.197. The van der Waals surface area contributed by atoms with Crippen molar-refractivity contribution in [1.82, 2.24) is 0 Å². The molecular weight excluding hydrogens is 125 g/mol. The van der Waals surface area contributed by atoms with E-state index >= 15 is 0 Å². The van der Waals surface area contributed by atoms with Gasteiger partial charge in [0.25, 0.3) is 0 Å². The van der Waals surface area contributed by atoms with E-state index in [0.717, 1.165) is 0 Å². The minimum atomic E-state index is 0. The van der Waals surface area contributed by atoms with E-state index in [1.807, 2.05) is 27.7 Å². The summed E-state index contributed by atoms with van der Waals surface area (Å²) in [4.78, 5) is 9.51. The number of hydrogen-bond donors (Lipinski definition) is 0. The van der Waals surface area contributed by atoms with Crippen LogP contribution in [0.3, 0.4) is 0 Å². The molecule has 0 saturated heterocycles. The van der Waals surface area contributed by atoms with Gasteiger partial charge in [-0.15, -0.1) is 0 Å². The molecule has 0 rings (SSSR count). The van der Waals surface area contributed by atoms with E-state index in [2.05, 4.69) is 5.64 Å². The Bertz CT molecular complexity index is 60.8. The quantitative estimate of drug-likeness (QED) is 0.371. The van der Waals surface area contributed by atoms with E-state index in [-0.39, 0.29) is 31.1 Å². The summed E-state index contributed by atoms with van der Waals surface area (Å²) < 4.78 is 0. The third-order valence-corrected chi connectivity index (χ3v) is 0.508. The van der Waals surface area contributed by atoms with Crippen LogP contribution in [0.4, 0.5) is 0 Å². The fourth-order valence-corrected chi connectivity index (χ4v) is 0.197. The molecule has 0 unspecified atom stereocenters. The average molecular weight is 139 g/mol. The molecule has 56 valence electrons. The summed E-state index contributed by atoms with van der Waals surface area (Å²) in [6.45, 7) is 7.58. The zero-order valence-corrected chi connectivity index (χ0v) is 7.42. The Morgan fingerprint density at radius 1 is 0.900 bits per heavy atom. The predicted molar refractivity (Wildman–Crippen MR) is 35.8 cm³/mol. The van der Waals surface area contributed by atoms with E-state index in [9.17, 15) is 0 Å². The Morgan fingerprint density at radius 2 is 1.20 bits per heavy atom. The molecule has 0 fully saturated rings. The summed E-state index contributed by atoms with van der Waals surface area (Å²) in [5, 5.41) is 0. The van der Waals surface area contributed by atoms with Gasteiger partial charge in [0.05, 0.1) is 0 Å². The van der Waals surface area contributed by atoms with Crippen molar-refractivity contribution in [2.75, 3.05) is 0 Å². The first kappa shape index (κ1) is 13.1. The zero-order valence-electron chi connectivity index (χ0n) is 7.42. The molecule has 3 nitrogen and oxygen atoms in total. The number of nitrogens with zero attached hydrogens (tertiary/aromatic N) is 1. The van der Waals surface area contributed by atoms with Gasteiger partial charge in [-0.1, -0.05) is 0 Å². The van der Waals surface area contributed by atoms with Gasteiger partial charge in [-0.05, 0) is 27.7 Å². The minimum Gasteiger partial charge on any atom is -0.460 e. The Labute approximate surface area is 74.5 Å². The molecule has 10 heavy (non-hydrogen) atoms. The van der Waals surface area contributed by atoms with Gasteiger partial charge in [-0.3, -0.25) is 0 Å². The van der Waals surface area contributed by atoms with Crippen molar-refractivity contribution in [1.29, 1.82) is 0 Å². The third kappa shape index (κ3) is 11.3. The van der Waals surface area contributed by atoms with Gasteiger partial charge in [-0.25, -0.2) is 0 Å². The molecule has 0 bridgehead atoms. The first-order chi connectivity index (χ1) is 4.13. The van der Waals surface area contributed by atoms with Gasteiger partial charge in [0.1, 0.15) is 0 Å². The SMILES string of the molecule is CC(C)O[N-]OC(C)C.[Li+]. The summed E-state index contributed by atoms with van der Waals surface area (Å²) in [5.41, 5.74) is 3.37. The fraction of sp³-hybridized carbons (Fsp3) is 1.00. The van der Waals surface area contributed by atoms with Gasteiger partial charge >= 0.3 is 18.9 Å². The molecular formula is C6H14LiNO2. The zero-order chi connectivity index (χ0) is 7.28. The molecule has 0 aromatic heterocycles. The first-order valence-corrected chi connectivity index (χ1v) is 3.15. The molecule has 0 radical (unpaired) electrons. The maximum absolute atomic E-state index is 4.76. The van der Waals surface area contributed by atoms with E-state index in [0.29, 0.717) is 0 Å². The van der Waals surface area contributed by atoms with Crippen LogP contribution >= 0.6 is 0 Å². The topological polar surface area (TPSA) is 32.6 Å². The van der Waals surface area contributed by atoms with Crippen molar-refractivity contribution < 1.29 is 28.5 Å². The van der Waals surface area contributed by atoms with Crippen molar-refractivity contribution in [3.63, 3.8) is 0 Å². The molecule has 0 N–H and O–H groups in total. The van der Waals surface area contributed by atoms with Gasteiger partial charge in [0, 0.05) is 12.2 Å². The smallest absolute Gasteiger partial charge is 0.460 e. The van der Waals surface area contributed by atoms with Crippen LogP contribution in [0.25, 0.3) is 5.64 Å². The second-order valence-corrected chi connectivity index (χ2v) is 2.38. The first-order valence-electron chi connectivity index (χ1n) is 3.15. The molecule has 0 aliphatic rings. The molecule has 0 spiro atoms. The van der Waals surface area contributed by atoms with Crippen molar-refractivity contribution in [2.24, 2.45) is 0 Å². The van der Waals surface area contributed by atoms with Crippen LogP contribution in [0.1, 0.15) is 27.7 Å². The van der Waals surface area contributed by atoms with Crippen LogP contribution in [0.5, 0.6) is 0 Å². The Morgan fingerprint density at radius 3 is 1.40 bits per heavy atom. The summed E-state index contributed by atoms with van der Waals surface area (Å²) in [6.07, 6.45) is 0.201. The Kier molecular flexibility index (Phi) is 9.93. The van der Waals surface area contributed by atoms with Crippen molar-refractivity contribution in [3.8, 4) is 0 Å². The van der Waals surface area contributed by atoms with Crippen LogP contribution < -0.4 is 18.9 Å². The van der Waals surface area contributed by atoms with E-state index in [1.54, 1.807) is 0 Å². The molecule has 0 heterocycles. The van der Waals surface area contributed by atoms with Crippen LogP contribution in [-0.4, -0.2) is 12.2 Å². The van der Waals surface area contributed by atoms with Gasteiger partial charge in [0.15, 0.2) is 0 Å². The van der Waals surface area contributed by atoms with Crippen molar-refractivity contribution in [3.05, 3.63) is 5.64 Å². The summed E-state index contributed by atoms with van der Waals surface area (Å²) in [7, 11) is 0. The maximum Gasteiger partial charge on any atom is 1.00 e. The number of hydrogen-bond acceptors (Lipinski definition) is 2. The Balaban J connectivity index is 0. The van der Waals surface area contributed by atoms with Gasteiger partial charge in [0.2, 0.25) is 0 Å². The molecule has 0 saturated carbocycles. The van der Waals surface area contributed by atoms with E-state index in [1.165, 1.54) is 0 Å². The second-order valence-electron chi connectivity index (χ2n) is 2.38. The molecule has 0 amide bonds. The monoisotopic (exact) mass is 139 g/mol. The van der Waals surface area contributed by atoms with Crippen LogP contribution in [0.2, 0.25) is 0 Å². The Hall–Kier alpha value is 0.477. The van der Waals surface area contributed by atoms with Gasteiger partial charge < -0.3 is 15.3 Å². The molecule has 0 atom stereocenters. The number of rotatable bonds is 4. The molecule has 4 heteroatoms. The molecule has 0 aromatic carbocycles. The molecule has 0 aliphatic heterocycles. The molecule has 0 aromatic rings. The molecule has 0 aliphatic carbocycles. The van der Waals surface area contributed by atoms with Crippen LogP contribution in [0.15, 0.2) is 0 Å². The summed E-state index contributed by atoms with van der Waals surface area (Å²) in [5.74, 6) is 0. The average Bonchev–Trinajstić information content (AvgIpc) is 1.63. The predicted octanol–water partition coefficient (Wildman–Crippen LogP) is -0.956. The normalized spacial score (nSPS) is 10.2. The van der Waals surface area contributed by atoms with Crippen molar-refractivity contribution >= 4 is 0 Å². The second kappa shape index (κ2) is 7.58. The summed E-state index contributed by atoms with van der Waals surface area (Å²) in [6, 6.07) is 0. The van der Waals surface area contributed by atoms with Crippen LogP contribution in [0, 0.1) is 0 Å². The largest absolute Gasteiger partial charge is 1.00 e. The van der Waals surface area contributed by atoms with Gasteiger partial charge in [-0.2, -0.15) is 0 Å². The third-order valence-electron chi connectivity index (χ3n) is 0.508. The minimum absolute atomic E-state index is 0. The maximum atomic E-state index is 4.76. The summed E-state index contributed by atoms with van der Waals surface area (Å²) >= 11 is 0. The standard InChI is InChI=1S/C6H14NO2.Li/c1-5(2)8-7-9-6(3)4;/h5-6H,1-4H3;/q-1;+1. The van der Waals surface area contributed by atoms with Crippen molar-refractivity contribution in [2.45, 2.75) is 39.9 Å². The van der Waals surface area contributed by atoms with E-state index in [4.69, 9.17) is 9.68 Å². The van der Waals surface area contributed by atoms with E-state index < -0.39 is 0 Å². The van der Waals surface area contributed by atoms with Crippen LogP contribution in [-0.2, 0) is 9.68 Å².